The maximum absolute atomic E-state index is 5.90. The summed E-state index contributed by atoms with van der Waals surface area (Å²) in [6.45, 7) is 1.93. The summed E-state index contributed by atoms with van der Waals surface area (Å²) in [5.41, 5.74) is 13.0. The average Bonchev–Trinajstić information content (AvgIpc) is 2.15. The van der Waals surface area contributed by atoms with E-state index in [1.807, 2.05) is 19.1 Å². The summed E-state index contributed by atoms with van der Waals surface area (Å²) < 4.78 is 0. The number of anilines is 1. The molecule has 1 atom stereocenters. The fourth-order valence-corrected chi connectivity index (χ4v) is 1.82. The maximum Gasteiger partial charge on any atom is 0.220 e. The van der Waals surface area contributed by atoms with Crippen molar-refractivity contribution in [1.29, 1.82) is 0 Å². The average molecular weight is 237 g/mol. The minimum absolute atomic E-state index is 0.0354. The van der Waals surface area contributed by atoms with Gasteiger partial charge in [-0.1, -0.05) is 11.6 Å². The molecule has 0 bridgehead atoms. The molecule has 2 rings (SSSR count). The highest BCUT2D eigenvalue weighted by molar-refractivity contribution is 6.31. The van der Waals surface area contributed by atoms with Gasteiger partial charge in [0.2, 0.25) is 5.95 Å². The standard InChI is InChI=1S/C11H13ClN4/c1-6(13)4-9-8-3-2-7(12)5-10(8)16-11(14)15-9/h2-3,5-6H,4,13H2,1H3,(H2,14,15,16). The van der Waals surface area contributed by atoms with Crippen LogP contribution in [0.1, 0.15) is 12.6 Å². The molecule has 4 nitrogen and oxygen atoms in total. The van der Waals surface area contributed by atoms with E-state index in [1.54, 1.807) is 6.07 Å². The van der Waals surface area contributed by atoms with Crippen LogP contribution in [0.4, 0.5) is 5.95 Å². The monoisotopic (exact) mass is 236 g/mol. The fraction of sp³-hybridized carbons (Fsp3) is 0.273. The fourth-order valence-electron chi connectivity index (χ4n) is 1.65. The molecule has 1 unspecified atom stereocenters. The van der Waals surface area contributed by atoms with E-state index in [1.165, 1.54) is 0 Å². The first-order valence-corrected chi connectivity index (χ1v) is 5.41. The zero-order valence-electron chi connectivity index (χ0n) is 8.94. The normalized spacial score (nSPS) is 12.9. The first kappa shape index (κ1) is 11.1. The number of nitrogens with two attached hydrogens (primary N) is 2. The van der Waals surface area contributed by atoms with Gasteiger partial charge in [0.1, 0.15) is 0 Å². The highest BCUT2D eigenvalue weighted by Crippen LogP contribution is 2.21. The molecule has 2 aromatic rings. The van der Waals surface area contributed by atoms with Crippen molar-refractivity contribution in [2.75, 3.05) is 5.73 Å². The number of benzene rings is 1. The molecule has 84 valence electrons. The van der Waals surface area contributed by atoms with Gasteiger partial charge in [-0.3, -0.25) is 0 Å². The third kappa shape index (κ3) is 2.23. The van der Waals surface area contributed by atoms with E-state index in [-0.39, 0.29) is 12.0 Å². The molecule has 1 aromatic carbocycles. The third-order valence-electron chi connectivity index (χ3n) is 2.27. The second-order valence-corrected chi connectivity index (χ2v) is 4.31. The van der Waals surface area contributed by atoms with Crippen molar-refractivity contribution >= 4 is 28.5 Å². The van der Waals surface area contributed by atoms with Gasteiger partial charge in [0.15, 0.2) is 0 Å². The van der Waals surface area contributed by atoms with Crippen LogP contribution in [-0.4, -0.2) is 16.0 Å². The predicted molar refractivity (Wildman–Crippen MR) is 66.3 cm³/mol. The Morgan fingerprint density at radius 3 is 2.81 bits per heavy atom. The SMILES string of the molecule is CC(N)Cc1nc(N)nc2cc(Cl)ccc12. The number of rotatable bonds is 2. The number of fused-ring (bicyclic) bond motifs is 1. The minimum Gasteiger partial charge on any atom is -0.368 e. The van der Waals surface area contributed by atoms with Gasteiger partial charge >= 0.3 is 0 Å². The Morgan fingerprint density at radius 1 is 1.38 bits per heavy atom. The van der Waals surface area contributed by atoms with Crippen molar-refractivity contribution in [1.82, 2.24) is 9.97 Å². The second-order valence-electron chi connectivity index (χ2n) is 3.87. The number of hydrogen-bond donors (Lipinski definition) is 2. The van der Waals surface area contributed by atoms with E-state index < -0.39 is 0 Å². The van der Waals surface area contributed by atoms with Crippen molar-refractivity contribution in [3.05, 3.63) is 28.9 Å². The summed E-state index contributed by atoms with van der Waals surface area (Å²) in [6, 6.07) is 5.52. The lowest BCUT2D eigenvalue weighted by atomic mass is 10.1. The maximum atomic E-state index is 5.90. The molecule has 0 aliphatic heterocycles. The molecule has 0 radical (unpaired) electrons. The molecule has 1 heterocycles. The lowest BCUT2D eigenvalue weighted by molar-refractivity contribution is 0.726. The van der Waals surface area contributed by atoms with Crippen molar-refractivity contribution in [2.45, 2.75) is 19.4 Å². The van der Waals surface area contributed by atoms with Crippen LogP contribution in [0.2, 0.25) is 5.02 Å². The summed E-state index contributed by atoms with van der Waals surface area (Å²) in [6.07, 6.45) is 0.671. The van der Waals surface area contributed by atoms with Gasteiger partial charge in [-0.15, -0.1) is 0 Å². The van der Waals surface area contributed by atoms with Gasteiger partial charge in [0, 0.05) is 22.9 Å². The smallest absolute Gasteiger partial charge is 0.220 e. The Morgan fingerprint density at radius 2 is 2.12 bits per heavy atom. The van der Waals surface area contributed by atoms with E-state index >= 15 is 0 Å². The molecule has 0 amide bonds. The van der Waals surface area contributed by atoms with Crippen molar-refractivity contribution in [3.8, 4) is 0 Å². The van der Waals surface area contributed by atoms with Crippen LogP contribution in [0.5, 0.6) is 0 Å². The number of hydrogen-bond acceptors (Lipinski definition) is 4. The van der Waals surface area contributed by atoms with Gasteiger partial charge in [0.25, 0.3) is 0 Å². The topological polar surface area (TPSA) is 77.8 Å². The van der Waals surface area contributed by atoms with Crippen LogP contribution in [0.3, 0.4) is 0 Å². The predicted octanol–water partition coefficient (Wildman–Crippen LogP) is 1.76. The van der Waals surface area contributed by atoms with Crippen LogP contribution in [0.25, 0.3) is 10.9 Å². The largest absolute Gasteiger partial charge is 0.368 e. The van der Waals surface area contributed by atoms with Gasteiger partial charge in [-0.05, 0) is 25.1 Å². The highest BCUT2D eigenvalue weighted by atomic mass is 35.5. The second kappa shape index (κ2) is 4.23. The molecule has 0 aliphatic carbocycles. The summed E-state index contributed by atoms with van der Waals surface area (Å²) in [7, 11) is 0. The van der Waals surface area contributed by atoms with E-state index in [0.29, 0.717) is 11.4 Å². The summed E-state index contributed by atoms with van der Waals surface area (Å²) in [5, 5.41) is 1.59. The van der Waals surface area contributed by atoms with Gasteiger partial charge in [0.05, 0.1) is 11.2 Å². The molecule has 0 spiro atoms. The minimum atomic E-state index is 0.0354. The van der Waals surface area contributed by atoms with Crippen LogP contribution < -0.4 is 11.5 Å². The van der Waals surface area contributed by atoms with Crippen LogP contribution >= 0.6 is 11.6 Å². The quantitative estimate of drug-likeness (QED) is 0.833. The first-order chi connectivity index (χ1) is 7.56. The van der Waals surface area contributed by atoms with Gasteiger partial charge < -0.3 is 11.5 Å². The number of nitrogens with zero attached hydrogens (tertiary/aromatic N) is 2. The first-order valence-electron chi connectivity index (χ1n) is 5.03. The molecule has 0 aliphatic rings. The molecule has 0 saturated heterocycles. The molecule has 4 N–H and O–H groups in total. The Kier molecular flexibility index (Phi) is 2.94. The van der Waals surface area contributed by atoms with Crippen LogP contribution in [0.15, 0.2) is 18.2 Å². The molecule has 16 heavy (non-hydrogen) atoms. The molecular weight excluding hydrogens is 224 g/mol. The van der Waals surface area contributed by atoms with Crippen LogP contribution in [-0.2, 0) is 6.42 Å². The zero-order valence-corrected chi connectivity index (χ0v) is 9.70. The summed E-state index contributed by atoms with van der Waals surface area (Å²) >= 11 is 5.90. The van der Waals surface area contributed by atoms with Gasteiger partial charge in [-0.2, -0.15) is 0 Å². The zero-order chi connectivity index (χ0) is 11.7. The number of aromatic nitrogens is 2. The molecule has 5 heteroatoms. The van der Waals surface area contributed by atoms with Crippen molar-refractivity contribution in [2.24, 2.45) is 5.73 Å². The summed E-state index contributed by atoms with van der Waals surface area (Å²) in [4.78, 5) is 8.36. The van der Waals surface area contributed by atoms with E-state index in [4.69, 9.17) is 23.1 Å². The van der Waals surface area contributed by atoms with Crippen molar-refractivity contribution in [3.63, 3.8) is 0 Å². The number of halogens is 1. The molecular formula is C11H13ClN4. The Labute approximate surface area is 98.6 Å². The van der Waals surface area contributed by atoms with Crippen molar-refractivity contribution < 1.29 is 0 Å². The van der Waals surface area contributed by atoms with E-state index in [0.717, 1.165) is 16.6 Å². The van der Waals surface area contributed by atoms with Crippen LogP contribution in [0, 0.1) is 0 Å². The Hall–Kier alpha value is -1.39. The summed E-state index contributed by atoms with van der Waals surface area (Å²) in [5.74, 6) is 0.255. The Balaban J connectivity index is 2.63. The molecule has 1 aromatic heterocycles. The Bertz CT molecular complexity index is 519. The lowest BCUT2D eigenvalue weighted by Gasteiger charge is -2.08. The van der Waals surface area contributed by atoms with E-state index in [2.05, 4.69) is 9.97 Å². The highest BCUT2D eigenvalue weighted by Gasteiger charge is 2.08. The lowest BCUT2D eigenvalue weighted by Crippen LogP contribution is -2.19. The third-order valence-corrected chi connectivity index (χ3v) is 2.51. The van der Waals surface area contributed by atoms with Gasteiger partial charge in [-0.25, -0.2) is 9.97 Å². The molecule has 0 saturated carbocycles. The van der Waals surface area contributed by atoms with E-state index in [9.17, 15) is 0 Å². The molecule has 0 fully saturated rings. The number of nitrogen functional groups attached to an aromatic ring is 1.